The van der Waals surface area contributed by atoms with Gasteiger partial charge in [-0.2, -0.15) is 11.8 Å². The summed E-state index contributed by atoms with van der Waals surface area (Å²) in [6, 6.07) is -2.60. The molecule has 34 heavy (non-hydrogen) atoms. The van der Waals surface area contributed by atoms with E-state index in [0.717, 1.165) is 32.6 Å². The summed E-state index contributed by atoms with van der Waals surface area (Å²) < 4.78 is 0. The van der Waals surface area contributed by atoms with Gasteiger partial charge in [0.15, 0.2) is 0 Å². The molecule has 192 valence electrons. The van der Waals surface area contributed by atoms with E-state index < -0.39 is 41.8 Å². The van der Waals surface area contributed by atoms with E-state index in [2.05, 4.69) is 49.6 Å². The van der Waals surface area contributed by atoms with Crippen LogP contribution in [0.15, 0.2) is 34.9 Å². The third-order valence-corrected chi connectivity index (χ3v) is 6.08. The van der Waals surface area contributed by atoms with Gasteiger partial charge in [0.25, 0.3) is 0 Å². The maximum atomic E-state index is 12.4. The van der Waals surface area contributed by atoms with Crippen LogP contribution in [0.1, 0.15) is 67.2 Å². The van der Waals surface area contributed by atoms with E-state index in [1.54, 1.807) is 0 Å². The smallest absolute Gasteiger partial charge is 0.327 e. The molecule has 0 aromatic heterocycles. The molecule has 0 aliphatic carbocycles. The summed E-state index contributed by atoms with van der Waals surface area (Å²) in [4.78, 5) is 46.4. The predicted molar refractivity (Wildman–Crippen MR) is 137 cm³/mol. The predicted octanol–water partition coefficient (Wildman–Crippen LogP) is 3.93. The minimum atomic E-state index is -1.44. The summed E-state index contributed by atoms with van der Waals surface area (Å²) in [7, 11) is 0. The zero-order valence-corrected chi connectivity index (χ0v) is 22.0. The molecule has 0 radical (unpaired) electrons. The highest BCUT2D eigenvalue weighted by atomic mass is 32.2. The SMILES string of the molecule is CC(=O)NC(C(=O)O)C(C)C(=O)NC(CSC/C=C(\C)CC/C=C(\C)CCC=C(C)C)C(=O)O. The average Bonchev–Trinajstić information content (AvgIpc) is 2.72. The first-order valence-corrected chi connectivity index (χ1v) is 12.6. The number of carboxylic acids is 2. The average molecular weight is 497 g/mol. The molecule has 3 atom stereocenters. The normalized spacial score (nSPS) is 14.5. The van der Waals surface area contributed by atoms with E-state index in [0.29, 0.717) is 5.75 Å². The molecular formula is C25H40N2O6S. The van der Waals surface area contributed by atoms with Gasteiger partial charge in [0, 0.05) is 18.4 Å². The van der Waals surface area contributed by atoms with E-state index in [-0.39, 0.29) is 5.75 Å². The topological polar surface area (TPSA) is 133 Å². The number of amides is 2. The van der Waals surface area contributed by atoms with Gasteiger partial charge in [0.05, 0.1) is 5.92 Å². The summed E-state index contributed by atoms with van der Waals surface area (Å²) >= 11 is 1.37. The van der Waals surface area contributed by atoms with E-state index in [9.17, 15) is 29.4 Å². The Morgan fingerprint density at radius 2 is 1.38 bits per heavy atom. The van der Waals surface area contributed by atoms with Gasteiger partial charge in [-0.15, -0.1) is 0 Å². The number of carbonyl (C=O) groups is 4. The van der Waals surface area contributed by atoms with Crippen LogP contribution < -0.4 is 10.6 Å². The standard InChI is InChI=1S/C25H40N2O6S/c1-16(2)9-7-10-17(3)11-8-12-18(4)13-14-34-15-21(24(30)31)27-23(29)19(5)22(25(32)33)26-20(6)28/h9,11,13,19,21-22H,7-8,10,12,14-15H2,1-6H3,(H,26,28)(H,27,29)(H,30,31)(H,32,33)/b17-11+,18-13+. The van der Waals surface area contributed by atoms with Crippen molar-refractivity contribution in [2.45, 2.75) is 79.3 Å². The molecule has 0 spiro atoms. The van der Waals surface area contributed by atoms with Crippen molar-refractivity contribution in [3.05, 3.63) is 34.9 Å². The van der Waals surface area contributed by atoms with Crippen molar-refractivity contribution in [2.24, 2.45) is 5.92 Å². The lowest BCUT2D eigenvalue weighted by atomic mass is 10.0. The lowest BCUT2D eigenvalue weighted by Crippen LogP contribution is -2.52. The Hall–Kier alpha value is -2.55. The van der Waals surface area contributed by atoms with Crippen LogP contribution in [-0.4, -0.2) is 57.6 Å². The van der Waals surface area contributed by atoms with Gasteiger partial charge in [-0.1, -0.05) is 41.9 Å². The minimum absolute atomic E-state index is 0.138. The Morgan fingerprint density at radius 3 is 1.88 bits per heavy atom. The first-order valence-electron chi connectivity index (χ1n) is 11.4. The van der Waals surface area contributed by atoms with Gasteiger partial charge in [0.1, 0.15) is 12.1 Å². The maximum absolute atomic E-state index is 12.4. The number of allylic oxidation sites excluding steroid dienone is 5. The van der Waals surface area contributed by atoms with Crippen LogP contribution in [-0.2, 0) is 19.2 Å². The van der Waals surface area contributed by atoms with Crippen LogP contribution in [0, 0.1) is 5.92 Å². The highest BCUT2D eigenvalue weighted by Gasteiger charge is 2.32. The Kier molecular flexibility index (Phi) is 15.7. The van der Waals surface area contributed by atoms with Gasteiger partial charge in [-0.3, -0.25) is 9.59 Å². The van der Waals surface area contributed by atoms with Crippen molar-refractivity contribution in [3.8, 4) is 0 Å². The summed E-state index contributed by atoms with van der Waals surface area (Å²) in [6.07, 6.45) is 10.5. The summed E-state index contributed by atoms with van der Waals surface area (Å²) in [5.74, 6) is -4.28. The summed E-state index contributed by atoms with van der Waals surface area (Å²) in [5.41, 5.74) is 3.92. The first-order chi connectivity index (χ1) is 15.8. The van der Waals surface area contributed by atoms with Crippen LogP contribution in [0.4, 0.5) is 0 Å². The molecule has 0 aliphatic rings. The lowest BCUT2D eigenvalue weighted by molar-refractivity contribution is -0.146. The number of carboxylic acid groups (broad SMARTS) is 2. The number of hydrogen-bond acceptors (Lipinski definition) is 5. The van der Waals surface area contributed by atoms with Gasteiger partial charge in [-0.25, -0.2) is 9.59 Å². The Bertz CT molecular complexity index is 799. The molecule has 3 unspecified atom stereocenters. The largest absolute Gasteiger partial charge is 0.480 e. The number of nitrogens with one attached hydrogen (secondary N) is 2. The molecule has 2 amide bonds. The van der Waals surface area contributed by atoms with E-state index >= 15 is 0 Å². The van der Waals surface area contributed by atoms with Crippen LogP contribution in [0.25, 0.3) is 0 Å². The van der Waals surface area contributed by atoms with Gasteiger partial charge in [0.2, 0.25) is 11.8 Å². The molecule has 0 rings (SSSR count). The number of thioether (sulfide) groups is 1. The van der Waals surface area contributed by atoms with Gasteiger partial charge >= 0.3 is 11.9 Å². The highest BCUT2D eigenvalue weighted by Crippen LogP contribution is 2.13. The van der Waals surface area contributed by atoms with E-state index in [1.165, 1.54) is 35.4 Å². The van der Waals surface area contributed by atoms with E-state index in [4.69, 9.17) is 0 Å². The number of hydrogen-bond donors (Lipinski definition) is 4. The Labute approximate surface area is 207 Å². The van der Waals surface area contributed by atoms with Crippen LogP contribution in [0.5, 0.6) is 0 Å². The molecule has 0 bridgehead atoms. The molecule has 0 fully saturated rings. The monoisotopic (exact) mass is 496 g/mol. The van der Waals surface area contributed by atoms with Crippen molar-refractivity contribution in [3.63, 3.8) is 0 Å². The second kappa shape index (κ2) is 17.0. The zero-order valence-electron chi connectivity index (χ0n) is 21.1. The third kappa shape index (κ3) is 14.6. The fourth-order valence-corrected chi connectivity index (χ4v) is 3.97. The van der Waals surface area contributed by atoms with Crippen molar-refractivity contribution in [1.29, 1.82) is 0 Å². The summed E-state index contributed by atoms with van der Waals surface area (Å²) in [5, 5.41) is 23.2. The van der Waals surface area contributed by atoms with Crippen molar-refractivity contribution in [2.75, 3.05) is 11.5 Å². The molecule has 0 aromatic rings. The number of aliphatic carboxylic acids is 2. The molecule has 0 aromatic carbocycles. The summed E-state index contributed by atoms with van der Waals surface area (Å²) in [6.45, 7) is 10.9. The maximum Gasteiger partial charge on any atom is 0.327 e. The fraction of sp³-hybridized carbons (Fsp3) is 0.600. The number of rotatable bonds is 16. The van der Waals surface area contributed by atoms with Crippen LogP contribution in [0.2, 0.25) is 0 Å². The second-order valence-electron chi connectivity index (χ2n) is 8.70. The number of carbonyl (C=O) groups excluding carboxylic acids is 2. The molecule has 0 saturated heterocycles. The molecule has 0 aliphatic heterocycles. The third-order valence-electron chi connectivity index (χ3n) is 5.11. The van der Waals surface area contributed by atoms with Crippen molar-refractivity contribution >= 4 is 35.5 Å². The molecule has 0 heterocycles. The second-order valence-corrected chi connectivity index (χ2v) is 9.78. The lowest BCUT2D eigenvalue weighted by Gasteiger charge is -2.22. The van der Waals surface area contributed by atoms with Crippen LogP contribution >= 0.6 is 11.8 Å². The van der Waals surface area contributed by atoms with Crippen molar-refractivity contribution in [1.82, 2.24) is 10.6 Å². The molecule has 0 saturated carbocycles. The zero-order chi connectivity index (χ0) is 26.3. The van der Waals surface area contributed by atoms with Crippen LogP contribution in [0.3, 0.4) is 0 Å². The first kappa shape index (κ1) is 31.4. The van der Waals surface area contributed by atoms with Crippen molar-refractivity contribution < 1.29 is 29.4 Å². The molecule has 9 heteroatoms. The minimum Gasteiger partial charge on any atom is -0.480 e. The Balaban J connectivity index is 4.61. The Morgan fingerprint density at radius 1 is 0.824 bits per heavy atom. The fourth-order valence-electron chi connectivity index (χ4n) is 2.97. The highest BCUT2D eigenvalue weighted by molar-refractivity contribution is 7.99. The quantitative estimate of drug-likeness (QED) is 0.188. The molecular weight excluding hydrogens is 456 g/mol. The molecule has 4 N–H and O–H groups in total. The van der Waals surface area contributed by atoms with E-state index in [1.807, 2.05) is 6.92 Å². The molecule has 8 nitrogen and oxygen atoms in total. The van der Waals surface area contributed by atoms with Gasteiger partial charge in [-0.05, 0) is 53.4 Å². The van der Waals surface area contributed by atoms with Gasteiger partial charge < -0.3 is 20.8 Å².